The summed E-state index contributed by atoms with van der Waals surface area (Å²) >= 11 is 0. The van der Waals surface area contributed by atoms with Crippen LogP contribution in [0.3, 0.4) is 0 Å². The first-order valence-electron chi connectivity index (χ1n) is 7.85. The van der Waals surface area contributed by atoms with Gasteiger partial charge in [0.25, 0.3) is 0 Å². The quantitative estimate of drug-likeness (QED) is 0.635. The Morgan fingerprint density at radius 3 is 1.75 bits per heavy atom. The van der Waals surface area contributed by atoms with Crippen molar-refractivity contribution in [3.8, 4) is 11.1 Å². The molecule has 0 saturated heterocycles. The van der Waals surface area contributed by atoms with Crippen LogP contribution in [-0.4, -0.2) is 0 Å². The van der Waals surface area contributed by atoms with Crippen LogP contribution in [0.15, 0.2) is 48.5 Å². The van der Waals surface area contributed by atoms with Crippen molar-refractivity contribution < 1.29 is 0 Å². The molecule has 3 rings (SSSR count). The second-order valence-corrected chi connectivity index (χ2v) is 6.56. The molecule has 0 nitrogen and oxygen atoms in total. The van der Waals surface area contributed by atoms with Crippen LogP contribution < -0.4 is 0 Å². The molecule has 20 heavy (non-hydrogen) atoms. The zero-order valence-corrected chi connectivity index (χ0v) is 12.7. The molecule has 0 spiro atoms. The molecular weight excluding hydrogens is 240 g/mol. The first kappa shape index (κ1) is 13.4. The van der Waals surface area contributed by atoms with Crippen LogP contribution >= 0.6 is 0 Å². The summed E-state index contributed by atoms with van der Waals surface area (Å²) < 4.78 is 0. The summed E-state index contributed by atoms with van der Waals surface area (Å²) in [6, 6.07) is 18.1. The van der Waals surface area contributed by atoms with E-state index in [4.69, 9.17) is 0 Å². The van der Waals surface area contributed by atoms with Crippen molar-refractivity contribution in [3.05, 3.63) is 59.7 Å². The van der Waals surface area contributed by atoms with Gasteiger partial charge in [-0.15, -0.1) is 0 Å². The van der Waals surface area contributed by atoms with Gasteiger partial charge in [-0.05, 0) is 41.9 Å². The van der Waals surface area contributed by atoms with Gasteiger partial charge >= 0.3 is 0 Å². The molecular formula is C20H24. The van der Waals surface area contributed by atoms with Crippen LogP contribution in [-0.2, 0) is 5.41 Å². The van der Waals surface area contributed by atoms with Gasteiger partial charge in [-0.2, -0.15) is 0 Å². The molecule has 0 atom stereocenters. The minimum absolute atomic E-state index is 0.407. The summed E-state index contributed by atoms with van der Waals surface area (Å²) in [5.74, 6) is 0. The maximum atomic E-state index is 2.44. The van der Waals surface area contributed by atoms with Crippen LogP contribution in [0.4, 0.5) is 0 Å². The monoisotopic (exact) mass is 264 g/mol. The standard InChI is InChI=1S/C20H24/c1-16-6-8-17(9-7-16)18-10-12-19(13-11-18)20(2)14-4-3-5-15-20/h6-13H,3-5,14-15H2,1-2H3. The fourth-order valence-electron chi connectivity index (χ4n) is 3.43. The molecule has 1 aliphatic carbocycles. The molecule has 2 aromatic carbocycles. The molecule has 1 aliphatic rings. The highest BCUT2D eigenvalue weighted by Crippen LogP contribution is 2.39. The lowest BCUT2D eigenvalue weighted by atomic mass is 9.71. The SMILES string of the molecule is Cc1ccc(-c2ccc(C3(C)CCCCC3)cc2)cc1. The van der Waals surface area contributed by atoms with Crippen molar-refractivity contribution in [1.82, 2.24) is 0 Å². The van der Waals surface area contributed by atoms with E-state index in [1.165, 1.54) is 54.4 Å². The van der Waals surface area contributed by atoms with Gasteiger partial charge in [0.05, 0.1) is 0 Å². The highest BCUT2D eigenvalue weighted by molar-refractivity contribution is 5.64. The van der Waals surface area contributed by atoms with E-state index < -0.39 is 0 Å². The van der Waals surface area contributed by atoms with Crippen molar-refractivity contribution in [2.45, 2.75) is 51.4 Å². The molecule has 0 aliphatic heterocycles. The average molecular weight is 264 g/mol. The molecule has 0 bridgehead atoms. The largest absolute Gasteiger partial charge is 0.0587 e. The molecule has 0 radical (unpaired) electrons. The van der Waals surface area contributed by atoms with Crippen LogP contribution in [0, 0.1) is 6.92 Å². The van der Waals surface area contributed by atoms with Crippen molar-refractivity contribution in [3.63, 3.8) is 0 Å². The molecule has 0 unspecified atom stereocenters. The Morgan fingerprint density at radius 2 is 1.20 bits per heavy atom. The summed E-state index contributed by atoms with van der Waals surface area (Å²) in [4.78, 5) is 0. The second-order valence-electron chi connectivity index (χ2n) is 6.56. The predicted molar refractivity (Wildman–Crippen MR) is 87.1 cm³/mol. The van der Waals surface area contributed by atoms with Crippen LogP contribution in [0.2, 0.25) is 0 Å². The smallest absolute Gasteiger partial charge is 0.00752 e. The molecule has 104 valence electrons. The van der Waals surface area contributed by atoms with Crippen LogP contribution in [0.1, 0.15) is 50.2 Å². The van der Waals surface area contributed by atoms with E-state index >= 15 is 0 Å². The summed E-state index contributed by atoms with van der Waals surface area (Å²) in [5, 5.41) is 0. The van der Waals surface area contributed by atoms with E-state index in [0.717, 1.165) is 0 Å². The van der Waals surface area contributed by atoms with E-state index in [1.807, 2.05) is 0 Å². The van der Waals surface area contributed by atoms with Gasteiger partial charge in [0.2, 0.25) is 0 Å². The third-order valence-electron chi connectivity index (χ3n) is 4.92. The molecule has 2 aromatic rings. The number of benzene rings is 2. The van der Waals surface area contributed by atoms with Gasteiger partial charge < -0.3 is 0 Å². The van der Waals surface area contributed by atoms with Gasteiger partial charge in [-0.3, -0.25) is 0 Å². The van der Waals surface area contributed by atoms with Gasteiger partial charge in [0.15, 0.2) is 0 Å². The lowest BCUT2D eigenvalue weighted by Gasteiger charge is -2.34. The van der Waals surface area contributed by atoms with E-state index in [0.29, 0.717) is 5.41 Å². The lowest BCUT2D eigenvalue weighted by Crippen LogP contribution is -2.24. The van der Waals surface area contributed by atoms with Gasteiger partial charge in [-0.1, -0.05) is 80.3 Å². The average Bonchev–Trinajstić information content (AvgIpc) is 2.49. The maximum Gasteiger partial charge on any atom is -0.00752 e. The molecule has 0 aromatic heterocycles. The fraction of sp³-hybridized carbons (Fsp3) is 0.400. The third-order valence-corrected chi connectivity index (χ3v) is 4.92. The molecule has 0 amide bonds. The Morgan fingerprint density at radius 1 is 0.700 bits per heavy atom. The Labute approximate surface area is 122 Å². The number of rotatable bonds is 2. The minimum atomic E-state index is 0.407. The predicted octanol–water partition coefficient (Wildman–Crippen LogP) is 5.88. The zero-order chi connectivity index (χ0) is 14.0. The molecule has 1 saturated carbocycles. The number of aryl methyl sites for hydroxylation is 1. The van der Waals surface area contributed by atoms with E-state index in [1.54, 1.807) is 0 Å². The number of hydrogen-bond donors (Lipinski definition) is 0. The normalized spacial score (nSPS) is 17.9. The summed E-state index contributed by atoms with van der Waals surface area (Å²) in [5.41, 5.74) is 5.89. The minimum Gasteiger partial charge on any atom is -0.0587 e. The molecule has 0 heteroatoms. The Hall–Kier alpha value is -1.56. The summed E-state index contributed by atoms with van der Waals surface area (Å²) in [6.45, 7) is 4.57. The van der Waals surface area contributed by atoms with Crippen molar-refractivity contribution >= 4 is 0 Å². The number of hydrogen-bond acceptors (Lipinski definition) is 0. The topological polar surface area (TPSA) is 0 Å². The first-order valence-corrected chi connectivity index (χ1v) is 7.85. The maximum absolute atomic E-state index is 2.44. The summed E-state index contributed by atoms with van der Waals surface area (Å²) in [6.07, 6.45) is 6.87. The fourth-order valence-corrected chi connectivity index (χ4v) is 3.43. The Kier molecular flexibility index (Phi) is 3.65. The third kappa shape index (κ3) is 2.65. The van der Waals surface area contributed by atoms with Crippen LogP contribution in [0.5, 0.6) is 0 Å². The summed E-state index contributed by atoms with van der Waals surface area (Å²) in [7, 11) is 0. The van der Waals surface area contributed by atoms with Crippen molar-refractivity contribution in [1.29, 1.82) is 0 Å². The van der Waals surface area contributed by atoms with Crippen molar-refractivity contribution in [2.24, 2.45) is 0 Å². The molecule has 1 fully saturated rings. The van der Waals surface area contributed by atoms with E-state index in [-0.39, 0.29) is 0 Å². The lowest BCUT2D eigenvalue weighted by molar-refractivity contribution is 0.319. The molecule has 0 heterocycles. The van der Waals surface area contributed by atoms with Crippen LogP contribution in [0.25, 0.3) is 11.1 Å². The zero-order valence-electron chi connectivity index (χ0n) is 12.7. The molecule has 0 N–H and O–H groups in total. The Balaban J connectivity index is 1.85. The van der Waals surface area contributed by atoms with Gasteiger partial charge in [-0.25, -0.2) is 0 Å². The second kappa shape index (κ2) is 5.44. The van der Waals surface area contributed by atoms with Crippen molar-refractivity contribution in [2.75, 3.05) is 0 Å². The van der Waals surface area contributed by atoms with Gasteiger partial charge in [0.1, 0.15) is 0 Å². The van der Waals surface area contributed by atoms with Gasteiger partial charge in [0, 0.05) is 0 Å². The first-order chi connectivity index (χ1) is 9.67. The highest BCUT2D eigenvalue weighted by Gasteiger charge is 2.28. The highest BCUT2D eigenvalue weighted by atomic mass is 14.3. The van der Waals surface area contributed by atoms with E-state index in [2.05, 4.69) is 62.4 Å². The Bertz CT molecular complexity index is 554. The van der Waals surface area contributed by atoms with E-state index in [9.17, 15) is 0 Å².